The molecule has 8 N–H and O–H groups in total. The van der Waals surface area contributed by atoms with Gasteiger partial charge in [0, 0.05) is 158 Å². The maximum atomic E-state index is 14.3. The number of pyridine rings is 4. The highest BCUT2D eigenvalue weighted by Crippen LogP contribution is 2.48. The van der Waals surface area contributed by atoms with Crippen LogP contribution in [-0.4, -0.2) is 70.7 Å². The Hall–Kier alpha value is -13.1. The number of hydrogen-bond acceptors (Lipinski definition) is 18. The summed E-state index contributed by atoms with van der Waals surface area (Å²) in [5.74, 6) is -7.34. The molecule has 0 unspecified atom stereocenters. The van der Waals surface area contributed by atoms with Gasteiger partial charge >= 0.3 is 47.5 Å². The van der Waals surface area contributed by atoms with Gasteiger partial charge in [-0.15, -0.1) is 0 Å². The minimum Gasteiger partial charge on any atom is -0.496 e. The average Bonchev–Trinajstić information content (AvgIpc) is 0.740. The molecule has 0 spiro atoms. The maximum Gasteiger partial charge on any atom is 0.433 e. The van der Waals surface area contributed by atoms with Gasteiger partial charge in [0.15, 0.2) is 56.9 Å². The second-order valence-corrected chi connectivity index (χ2v) is 29.6. The minimum absolute atomic E-state index is 0.0849. The maximum absolute atomic E-state index is 14.3. The Morgan fingerprint density at radius 1 is 0.364 bits per heavy atom. The van der Waals surface area contributed by atoms with Crippen molar-refractivity contribution in [2.45, 2.75) is 64.0 Å². The van der Waals surface area contributed by atoms with Crippen molar-refractivity contribution >= 4 is 83.3 Å². The van der Waals surface area contributed by atoms with Crippen LogP contribution >= 0.6 is 39.1 Å². The van der Waals surface area contributed by atoms with E-state index in [9.17, 15) is 117 Å². The number of fused-ring (bicyclic) bond motifs is 4. The number of alkyl halides is 12. The highest BCUT2D eigenvalue weighted by atomic mass is 79.9. The van der Waals surface area contributed by atoms with Crippen molar-refractivity contribution in [3.63, 3.8) is 0 Å². The third-order valence-corrected chi connectivity index (χ3v) is 21.6. The van der Waals surface area contributed by atoms with Gasteiger partial charge < -0.3 is 32.4 Å². The van der Waals surface area contributed by atoms with Crippen molar-refractivity contribution in [3.8, 4) is 56.0 Å². The molecule has 0 fully saturated rings. The normalized spacial score (nSPS) is 11.9. The zero-order chi connectivity index (χ0) is 95.5. The second kappa shape index (κ2) is 36.9. The fourth-order valence-electron chi connectivity index (χ4n) is 14.4. The van der Waals surface area contributed by atoms with Gasteiger partial charge in [0.25, 0.3) is 22.2 Å². The zero-order valence-corrected chi connectivity index (χ0v) is 70.5. The highest BCUT2D eigenvalue weighted by Gasteiger charge is 2.44. The molecule has 0 aliphatic heterocycles. The van der Waals surface area contributed by atoms with Crippen LogP contribution in [0.5, 0.6) is 11.5 Å². The molecule has 14 aromatic rings. The molecule has 0 saturated carbocycles. The van der Waals surface area contributed by atoms with Crippen LogP contribution in [0.4, 0.5) is 79.0 Å². The summed E-state index contributed by atoms with van der Waals surface area (Å²) in [6.45, 7) is -3.16. The predicted molar refractivity (Wildman–Crippen MR) is 442 cm³/mol. The molecule has 8 heterocycles. The standard InChI is InChI=1S/C24H20ClF3N4O3.C23H16ClF5N4O2.C18H15F5N4O3.C17H12BrF5N4O2/c1-31-21-19(22(33)32(23(31)34)12-13-6-4-3-5-7-13)18(15-9-8-14(25)10-17(15)35-2)16(11-29)20(30-21)24(26,27)28;1-32-20-17(21(34)33(22(32)35)10-11-5-3-2-4-6-11)16(13-7-12(25)8-15(26)18(13)24)14(9-30)19(31-20)23(27,28)29;1-26-15-12(16(28)27(2)17(26)29)11(9(6-24)14(25-15)18(21,22)23)8-4-7(19)5-10(20)13(8)30-3;1-26-14-11(15(28)27(2)16(26)29)10(7-3-6(19)4-9(20)12(7)18)8(5-24)13(25-14)17(21,22)23/h3-10H,11-12,29H2,1-2H3;2-8H,9-10,30H2,1H3;4-5H,6,24H2,1-3H3;3-4H,5,24H2,1-2H3. The van der Waals surface area contributed by atoms with E-state index in [1.807, 2.05) is 0 Å². The fraction of sp³-hybridized carbons (Fsp3) is 0.220. The van der Waals surface area contributed by atoms with Gasteiger partial charge in [-0.05, 0) is 63.5 Å². The average molecular weight is 1930 g/mol. The van der Waals surface area contributed by atoms with Gasteiger partial charge in [-0.3, -0.25) is 55.7 Å². The number of halogens is 21. The molecular formula is C82H63BrCl2F18N16O10. The quantitative estimate of drug-likeness (QED) is 0.0580. The Labute approximate surface area is 728 Å². The summed E-state index contributed by atoms with van der Waals surface area (Å²) in [5, 5.41) is -1.99. The monoisotopic (exact) mass is 1920 g/mol. The summed E-state index contributed by atoms with van der Waals surface area (Å²) in [7, 11) is 9.24. The largest absolute Gasteiger partial charge is 0.496 e. The molecule has 26 nitrogen and oxygen atoms in total. The number of nitrogens with zero attached hydrogens (tertiary/aromatic N) is 12. The van der Waals surface area contributed by atoms with Crippen LogP contribution in [0.2, 0.25) is 10.0 Å². The van der Waals surface area contributed by atoms with E-state index < -0.39 is 253 Å². The summed E-state index contributed by atoms with van der Waals surface area (Å²) in [6, 6.07) is 25.1. The Balaban J connectivity index is 0.000000167. The summed E-state index contributed by atoms with van der Waals surface area (Å²) in [6.07, 6.45) is -20.0. The van der Waals surface area contributed by atoms with E-state index >= 15 is 0 Å². The zero-order valence-electron chi connectivity index (χ0n) is 67.4. The van der Waals surface area contributed by atoms with Crippen LogP contribution in [-0.2, 0) is 106 Å². The van der Waals surface area contributed by atoms with E-state index in [1.165, 1.54) is 32.4 Å². The molecule has 8 aromatic heterocycles. The Bertz CT molecular complexity index is 7450. The van der Waals surface area contributed by atoms with Crippen molar-refractivity contribution in [1.82, 2.24) is 56.5 Å². The lowest BCUT2D eigenvalue weighted by Gasteiger charge is -2.21. The molecule has 678 valence electrons. The number of hydrogen-bond donors (Lipinski definition) is 4. The van der Waals surface area contributed by atoms with Gasteiger partial charge in [0.1, 0.15) is 34.8 Å². The summed E-state index contributed by atoms with van der Waals surface area (Å²) < 4.78 is 267. The summed E-state index contributed by atoms with van der Waals surface area (Å²) >= 11 is 15.0. The SMILES string of the molecule is COc1c(F)cc(F)cc1-c1c(CN)c(C(F)(F)F)nc2c1c(=O)n(C)c(=O)n2C.COc1cc(Cl)ccc1-c1c(CN)c(C(F)(F)F)nc2c1c(=O)n(Cc1ccccc1)c(=O)n2C.Cn1c(=O)c2c(-c3cc(F)cc(F)c3Br)c(CN)c(C(F)(F)F)nc2n(C)c1=O.Cn1c(=O)n(Cc2ccccc2)c(=O)c2c(-c3cc(F)cc(F)c3Cl)c(CN)c(C(F)(F)F)nc21. The smallest absolute Gasteiger partial charge is 0.433 e. The van der Waals surface area contributed by atoms with E-state index in [1.54, 1.807) is 60.7 Å². The lowest BCUT2D eigenvalue weighted by Crippen LogP contribution is -2.40. The number of aryl methyl sites for hydroxylation is 4. The van der Waals surface area contributed by atoms with Crippen molar-refractivity contribution in [3.05, 3.63) is 304 Å². The topological polar surface area (TPSA) is 350 Å². The fourth-order valence-corrected chi connectivity index (χ4v) is 15.2. The molecule has 47 heteroatoms. The first-order valence-corrected chi connectivity index (χ1v) is 38.3. The molecule has 0 atom stereocenters. The number of rotatable bonds is 14. The van der Waals surface area contributed by atoms with Gasteiger partial charge in [0.2, 0.25) is 0 Å². The number of methoxy groups -OCH3 is 2. The van der Waals surface area contributed by atoms with Crippen LogP contribution < -0.4 is 77.4 Å². The molecule has 0 aliphatic carbocycles. The third kappa shape index (κ3) is 18.2. The number of ether oxygens (including phenoxy) is 2. The van der Waals surface area contributed by atoms with Gasteiger partial charge in [-0.2, -0.15) is 52.7 Å². The van der Waals surface area contributed by atoms with E-state index in [0.29, 0.717) is 44.5 Å². The predicted octanol–water partition coefficient (Wildman–Crippen LogP) is 13.1. The molecule has 14 rings (SSSR count). The van der Waals surface area contributed by atoms with Crippen LogP contribution in [0.3, 0.4) is 0 Å². The minimum atomic E-state index is -5.06. The van der Waals surface area contributed by atoms with E-state index in [0.717, 1.165) is 81.9 Å². The molecular weight excluding hydrogens is 1860 g/mol. The van der Waals surface area contributed by atoms with Crippen LogP contribution in [0, 0.1) is 34.9 Å². The van der Waals surface area contributed by atoms with Crippen LogP contribution in [0.1, 0.15) is 56.2 Å². The molecule has 0 amide bonds. The van der Waals surface area contributed by atoms with Crippen molar-refractivity contribution < 1.29 is 88.5 Å². The van der Waals surface area contributed by atoms with E-state index in [2.05, 4.69) is 35.9 Å². The summed E-state index contributed by atoms with van der Waals surface area (Å²) in [4.78, 5) is 118. The molecule has 6 aromatic carbocycles. The van der Waals surface area contributed by atoms with Crippen molar-refractivity contribution in [2.24, 2.45) is 65.2 Å². The molecule has 0 bridgehead atoms. The molecule has 0 aliphatic rings. The number of nitrogens with two attached hydrogens (primary N) is 4. The highest BCUT2D eigenvalue weighted by molar-refractivity contribution is 9.10. The number of benzene rings is 6. The Kier molecular flexibility index (Phi) is 27.7. The second-order valence-electron chi connectivity index (χ2n) is 28.0. The lowest BCUT2D eigenvalue weighted by atomic mass is 9.94. The van der Waals surface area contributed by atoms with Crippen LogP contribution in [0.15, 0.2) is 158 Å². The van der Waals surface area contributed by atoms with E-state index in [4.69, 9.17) is 55.6 Å². The first kappa shape index (κ1) is 96.6. The van der Waals surface area contributed by atoms with E-state index in [-0.39, 0.29) is 50.4 Å². The third-order valence-electron chi connectivity index (χ3n) is 20.2. The van der Waals surface area contributed by atoms with Gasteiger partial charge in [0.05, 0.1) is 58.3 Å². The van der Waals surface area contributed by atoms with Gasteiger partial charge in [-0.1, -0.05) is 83.9 Å². The Morgan fingerprint density at radius 2 is 0.674 bits per heavy atom. The Morgan fingerprint density at radius 3 is 1.02 bits per heavy atom. The molecule has 0 radical (unpaired) electrons. The van der Waals surface area contributed by atoms with Crippen molar-refractivity contribution in [2.75, 3.05) is 14.2 Å². The number of aromatic nitrogens is 12. The molecule has 129 heavy (non-hydrogen) atoms. The van der Waals surface area contributed by atoms with Crippen molar-refractivity contribution in [1.29, 1.82) is 0 Å². The molecule has 0 saturated heterocycles. The lowest BCUT2D eigenvalue weighted by molar-refractivity contribution is -0.142. The van der Waals surface area contributed by atoms with Gasteiger partial charge in [-0.25, -0.2) is 65.5 Å². The summed E-state index contributed by atoms with van der Waals surface area (Å²) in [5.41, 5.74) is 3.16. The first-order chi connectivity index (χ1) is 60.4. The first-order valence-electron chi connectivity index (χ1n) is 36.8. The van der Waals surface area contributed by atoms with Crippen LogP contribution in [0.25, 0.3) is 88.6 Å².